The molecule has 2 fully saturated rings. The molecule has 27 heavy (non-hydrogen) atoms. The molecule has 4 nitrogen and oxygen atoms in total. The molecule has 0 radical (unpaired) electrons. The monoisotopic (exact) mass is 363 g/mol. The molecule has 2 aliphatic rings. The number of amides is 2. The van der Waals surface area contributed by atoms with Gasteiger partial charge in [0, 0.05) is 22.8 Å². The highest BCUT2D eigenvalue weighted by molar-refractivity contribution is 6.21. The van der Waals surface area contributed by atoms with Gasteiger partial charge in [0.2, 0.25) is 11.8 Å². The summed E-state index contributed by atoms with van der Waals surface area (Å²) in [7, 11) is 0. The van der Waals surface area contributed by atoms with E-state index in [0.717, 1.165) is 68.4 Å². The number of benzene rings is 2. The first-order valence-corrected chi connectivity index (χ1v) is 10.1. The Morgan fingerprint density at radius 2 is 1.30 bits per heavy atom. The zero-order chi connectivity index (χ0) is 18.8. The van der Waals surface area contributed by atoms with Gasteiger partial charge in [-0.15, -0.1) is 0 Å². The molecule has 4 rings (SSSR count). The van der Waals surface area contributed by atoms with Crippen LogP contribution in [0.5, 0.6) is 0 Å². The van der Waals surface area contributed by atoms with E-state index in [9.17, 15) is 14.4 Å². The molecule has 2 amide bonds. The van der Waals surface area contributed by atoms with E-state index < -0.39 is 0 Å². The zero-order valence-corrected chi connectivity index (χ0v) is 15.5. The van der Waals surface area contributed by atoms with Crippen molar-refractivity contribution in [1.82, 2.24) is 0 Å². The fourth-order valence-corrected chi connectivity index (χ4v) is 4.66. The summed E-state index contributed by atoms with van der Waals surface area (Å²) in [6.45, 7) is 0. The Balaban J connectivity index is 1.83. The Hall–Kier alpha value is -2.49. The normalized spacial score (nSPS) is 18.1. The standard InChI is InChI=1S/C23H25NO3/c25-15-18-13-14-21(20-12-6-5-11-19(18)20)24(22(26)16-7-1-2-8-16)23(27)17-9-3-4-10-17/h5-6,11-17H,1-4,7-10H2. The van der Waals surface area contributed by atoms with Crippen LogP contribution in [0.3, 0.4) is 0 Å². The summed E-state index contributed by atoms with van der Waals surface area (Å²) in [4.78, 5) is 39.7. The van der Waals surface area contributed by atoms with Crippen LogP contribution in [-0.2, 0) is 9.59 Å². The minimum Gasteiger partial charge on any atom is -0.298 e. The van der Waals surface area contributed by atoms with E-state index in [2.05, 4.69) is 0 Å². The number of hydrogen-bond acceptors (Lipinski definition) is 3. The van der Waals surface area contributed by atoms with Crippen LogP contribution in [-0.4, -0.2) is 18.1 Å². The number of imide groups is 1. The third kappa shape index (κ3) is 3.29. The van der Waals surface area contributed by atoms with Gasteiger partial charge in [-0.25, -0.2) is 4.90 Å². The minimum atomic E-state index is -0.0696. The summed E-state index contributed by atoms with van der Waals surface area (Å²) in [5.41, 5.74) is 1.21. The van der Waals surface area contributed by atoms with Crippen molar-refractivity contribution in [2.45, 2.75) is 51.4 Å². The SMILES string of the molecule is O=Cc1ccc(N(C(=O)C2CCCC2)C(=O)C2CCCC2)c2ccccc12. The fourth-order valence-electron chi connectivity index (χ4n) is 4.66. The van der Waals surface area contributed by atoms with E-state index in [1.807, 2.05) is 24.3 Å². The van der Waals surface area contributed by atoms with Crippen molar-refractivity contribution in [3.63, 3.8) is 0 Å². The molecule has 2 aliphatic carbocycles. The van der Waals surface area contributed by atoms with Crippen molar-refractivity contribution in [3.8, 4) is 0 Å². The third-order valence-electron chi connectivity index (χ3n) is 6.15. The maximum atomic E-state index is 13.4. The first-order chi connectivity index (χ1) is 13.2. The van der Waals surface area contributed by atoms with E-state index in [1.54, 1.807) is 12.1 Å². The van der Waals surface area contributed by atoms with Crippen LogP contribution in [0.4, 0.5) is 5.69 Å². The molecule has 0 bridgehead atoms. The van der Waals surface area contributed by atoms with Gasteiger partial charge in [0.15, 0.2) is 6.29 Å². The van der Waals surface area contributed by atoms with Crippen molar-refractivity contribution >= 4 is 34.6 Å². The Labute approximate surface area is 159 Å². The number of nitrogens with zero attached hydrogens (tertiary/aromatic N) is 1. The molecule has 0 unspecified atom stereocenters. The number of aldehydes is 1. The van der Waals surface area contributed by atoms with Gasteiger partial charge >= 0.3 is 0 Å². The minimum absolute atomic E-state index is 0.0617. The average Bonchev–Trinajstić information content (AvgIpc) is 3.42. The summed E-state index contributed by atoms with van der Waals surface area (Å²) in [6, 6.07) is 11.0. The highest BCUT2D eigenvalue weighted by Crippen LogP contribution is 2.36. The molecular weight excluding hydrogens is 338 g/mol. The molecule has 0 atom stereocenters. The van der Waals surface area contributed by atoms with Crippen LogP contribution < -0.4 is 4.90 Å². The van der Waals surface area contributed by atoms with Crippen LogP contribution in [0.1, 0.15) is 61.7 Å². The molecule has 0 aromatic heterocycles. The number of anilines is 1. The van der Waals surface area contributed by atoms with Crippen molar-refractivity contribution in [2.75, 3.05) is 4.90 Å². The number of hydrogen-bond donors (Lipinski definition) is 0. The van der Waals surface area contributed by atoms with Crippen molar-refractivity contribution < 1.29 is 14.4 Å². The highest BCUT2D eigenvalue weighted by Gasteiger charge is 2.36. The first kappa shape index (κ1) is 17.9. The number of carbonyl (C=O) groups excluding carboxylic acids is 3. The predicted octanol–water partition coefficient (Wildman–Crippen LogP) is 4.89. The Morgan fingerprint density at radius 1 is 0.778 bits per heavy atom. The molecule has 0 N–H and O–H groups in total. The first-order valence-electron chi connectivity index (χ1n) is 10.1. The van der Waals surface area contributed by atoms with Gasteiger partial charge in [-0.1, -0.05) is 49.9 Å². The quantitative estimate of drug-likeness (QED) is 0.574. The van der Waals surface area contributed by atoms with Gasteiger partial charge in [0.25, 0.3) is 0 Å². The second-order valence-corrected chi connectivity index (χ2v) is 7.81. The lowest BCUT2D eigenvalue weighted by Crippen LogP contribution is -2.43. The summed E-state index contributed by atoms with van der Waals surface area (Å²) < 4.78 is 0. The molecule has 0 heterocycles. The van der Waals surface area contributed by atoms with Gasteiger partial charge in [-0.05, 0) is 43.2 Å². The van der Waals surface area contributed by atoms with E-state index in [4.69, 9.17) is 0 Å². The van der Waals surface area contributed by atoms with Gasteiger partial charge in [-0.3, -0.25) is 14.4 Å². The number of rotatable bonds is 4. The summed E-state index contributed by atoms with van der Waals surface area (Å²) in [6.07, 6.45) is 8.46. The van der Waals surface area contributed by atoms with E-state index in [-0.39, 0.29) is 23.7 Å². The predicted molar refractivity (Wildman–Crippen MR) is 106 cm³/mol. The lowest BCUT2D eigenvalue weighted by molar-refractivity contribution is -0.130. The van der Waals surface area contributed by atoms with Crippen LogP contribution in [0.15, 0.2) is 36.4 Å². The van der Waals surface area contributed by atoms with E-state index in [0.29, 0.717) is 11.3 Å². The van der Waals surface area contributed by atoms with Gasteiger partial charge < -0.3 is 0 Å². The Morgan fingerprint density at radius 3 is 1.81 bits per heavy atom. The lowest BCUT2D eigenvalue weighted by Gasteiger charge is -2.28. The van der Waals surface area contributed by atoms with Crippen LogP contribution in [0, 0.1) is 11.8 Å². The van der Waals surface area contributed by atoms with E-state index >= 15 is 0 Å². The molecular formula is C23H25NO3. The molecule has 0 aliphatic heterocycles. The Kier molecular flexibility index (Phi) is 5.06. The highest BCUT2D eigenvalue weighted by atomic mass is 16.2. The maximum absolute atomic E-state index is 13.4. The number of carbonyl (C=O) groups is 3. The molecule has 4 heteroatoms. The smallest absolute Gasteiger partial charge is 0.236 e. The topological polar surface area (TPSA) is 54.5 Å². The van der Waals surface area contributed by atoms with Crippen LogP contribution in [0.2, 0.25) is 0 Å². The van der Waals surface area contributed by atoms with Crippen LogP contribution >= 0.6 is 0 Å². The molecule has 2 aromatic carbocycles. The van der Waals surface area contributed by atoms with Crippen molar-refractivity contribution in [2.24, 2.45) is 11.8 Å². The molecule has 2 aromatic rings. The van der Waals surface area contributed by atoms with Gasteiger partial charge in [0.1, 0.15) is 0 Å². The van der Waals surface area contributed by atoms with Gasteiger partial charge in [-0.2, -0.15) is 0 Å². The summed E-state index contributed by atoms with van der Waals surface area (Å²) in [5, 5.41) is 1.58. The average molecular weight is 363 g/mol. The van der Waals surface area contributed by atoms with Crippen molar-refractivity contribution in [3.05, 3.63) is 42.0 Å². The van der Waals surface area contributed by atoms with Crippen LogP contribution in [0.25, 0.3) is 10.8 Å². The van der Waals surface area contributed by atoms with Gasteiger partial charge in [0.05, 0.1) is 5.69 Å². The third-order valence-corrected chi connectivity index (χ3v) is 6.15. The Bertz CT molecular complexity index is 848. The summed E-state index contributed by atoms with van der Waals surface area (Å²) in [5.74, 6) is -0.262. The van der Waals surface area contributed by atoms with Crippen molar-refractivity contribution in [1.29, 1.82) is 0 Å². The fraction of sp³-hybridized carbons (Fsp3) is 0.435. The number of fused-ring (bicyclic) bond motifs is 1. The molecule has 2 saturated carbocycles. The largest absolute Gasteiger partial charge is 0.298 e. The van der Waals surface area contributed by atoms with E-state index in [1.165, 1.54) is 4.90 Å². The molecule has 0 spiro atoms. The second kappa shape index (κ2) is 7.63. The molecule has 0 saturated heterocycles. The molecule has 140 valence electrons. The summed E-state index contributed by atoms with van der Waals surface area (Å²) >= 11 is 0. The maximum Gasteiger partial charge on any atom is 0.236 e. The zero-order valence-electron chi connectivity index (χ0n) is 15.5. The second-order valence-electron chi connectivity index (χ2n) is 7.81. The lowest BCUT2D eigenvalue weighted by atomic mass is 9.98.